The Balaban J connectivity index is 1.89. The average Bonchev–Trinajstić information content (AvgIpc) is 3.17. The largest absolute Gasteiger partial charge is 0.352 e. The minimum Gasteiger partial charge on any atom is -0.352 e. The summed E-state index contributed by atoms with van der Waals surface area (Å²) in [7, 11) is 0. The maximum atomic E-state index is 5.76. The topological polar surface area (TPSA) is 33.1 Å². The molecule has 29 heavy (non-hydrogen) atoms. The first-order chi connectivity index (χ1) is 14.0. The highest BCUT2D eigenvalue weighted by molar-refractivity contribution is 7.80. The van der Waals surface area contributed by atoms with E-state index in [0.717, 1.165) is 23.8 Å². The summed E-state index contributed by atoms with van der Waals surface area (Å²) in [6.45, 7) is 9.79. The molecule has 1 N–H and O–H groups in total. The lowest BCUT2D eigenvalue weighted by Crippen LogP contribution is -2.30. The van der Waals surface area contributed by atoms with Crippen LogP contribution in [0.3, 0.4) is 0 Å². The molecule has 0 saturated carbocycles. The Kier molecular flexibility index (Phi) is 5.41. The standard InChI is InChI=1S/C24H28N4S/c1-5-15-27-23(22(26-24(27)29)20-13-9-10-14-25-20)21-16(2)17(3)28(18(21)4)19-11-7-6-8-12-19/h6-14,22-23H,5,15H2,1-4H3,(H,26,29)/t22-,23-/m0/s1. The number of benzene rings is 1. The molecule has 5 heteroatoms. The van der Waals surface area contributed by atoms with Crippen LogP contribution in [0.4, 0.5) is 0 Å². The Morgan fingerprint density at radius 3 is 2.38 bits per heavy atom. The van der Waals surface area contributed by atoms with E-state index in [2.05, 4.69) is 83.9 Å². The third-order valence-corrected chi connectivity index (χ3v) is 6.33. The van der Waals surface area contributed by atoms with Gasteiger partial charge in [-0.2, -0.15) is 0 Å². The number of thiocarbonyl (C=S) groups is 1. The second-order valence-corrected chi connectivity index (χ2v) is 8.09. The molecule has 4 nitrogen and oxygen atoms in total. The van der Waals surface area contributed by atoms with E-state index in [0.29, 0.717) is 0 Å². The van der Waals surface area contributed by atoms with Gasteiger partial charge < -0.3 is 14.8 Å². The van der Waals surface area contributed by atoms with Crippen molar-refractivity contribution < 1.29 is 0 Å². The fraction of sp³-hybridized carbons (Fsp3) is 0.333. The zero-order valence-electron chi connectivity index (χ0n) is 17.5. The van der Waals surface area contributed by atoms with Gasteiger partial charge in [-0.1, -0.05) is 31.2 Å². The van der Waals surface area contributed by atoms with Crippen LogP contribution < -0.4 is 5.32 Å². The summed E-state index contributed by atoms with van der Waals surface area (Å²) in [6, 6.07) is 16.8. The number of nitrogens with one attached hydrogen (secondary N) is 1. The summed E-state index contributed by atoms with van der Waals surface area (Å²) >= 11 is 5.76. The number of hydrogen-bond donors (Lipinski definition) is 1. The number of nitrogens with zero attached hydrogens (tertiary/aromatic N) is 3. The van der Waals surface area contributed by atoms with Crippen molar-refractivity contribution in [2.24, 2.45) is 0 Å². The molecule has 150 valence electrons. The zero-order valence-corrected chi connectivity index (χ0v) is 18.3. The van der Waals surface area contributed by atoms with Crippen LogP contribution >= 0.6 is 12.2 Å². The fourth-order valence-corrected chi connectivity index (χ4v) is 4.94. The van der Waals surface area contributed by atoms with E-state index >= 15 is 0 Å². The van der Waals surface area contributed by atoms with Crippen LogP contribution in [0.2, 0.25) is 0 Å². The molecule has 2 atom stereocenters. The molecule has 4 rings (SSSR count). The predicted octanol–water partition coefficient (Wildman–Crippen LogP) is 5.18. The molecule has 1 fully saturated rings. The van der Waals surface area contributed by atoms with Gasteiger partial charge in [0.15, 0.2) is 5.11 Å². The first kappa shape index (κ1) is 19.6. The molecule has 0 bridgehead atoms. The summed E-state index contributed by atoms with van der Waals surface area (Å²) in [6.07, 6.45) is 2.91. The van der Waals surface area contributed by atoms with Crippen LogP contribution in [0.1, 0.15) is 53.6 Å². The maximum Gasteiger partial charge on any atom is 0.170 e. The van der Waals surface area contributed by atoms with Gasteiger partial charge in [-0.25, -0.2) is 0 Å². The minimum absolute atomic E-state index is 0.0404. The first-order valence-electron chi connectivity index (χ1n) is 10.3. The highest BCUT2D eigenvalue weighted by atomic mass is 32.1. The Labute approximate surface area is 178 Å². The van der Waals surface area contributed by atoms with Gasteiger partial charge in [-0.15, -0.1) is 0 Å². The van der Waals surface area contributed by atoms with Crippen molar-refractivity contribution >= 4 is 17.3 Å². The lowest BCUT2D eigenvalue weighted by Gasteiger charge is -2.28. The molecule has 1 aromatic carbocycles. The van der Waals surface area contributed by atoms with Crippen molar-refractivity contribution in [3.05, 3.63) is 82.9 Å². The van der Waals surface area contributed by atoms with Gasteiger partial charge in [-0.3, -0.25) is 4.98 Å². The summed E-state index contributed by atoms with van der Waals surface area (Å²) in [5, 5.41) is 4.38. The highest BCUT2D eigenvalue weighted by Crippen LogP contribution is 2.43. The summed E-state index contributed by atoms with van der Waals surface area (Å²) < 4.78 is 2.37. The van der Waals surface area contributed by atoms with E-state index in [1.165, 1.54) is 28.2 Å². The average molecular weight is 405 g/mol. The zero-order chi connectivity index (χ0) is 20.5. The van der Waals surface area contributed by atoms with Crippen molar-refractivity contribution in [1.29, 1.82) is 0 Å². The van der Waals surface area contributed by atoms with Gasteiger partial charge in [0.2, 0.25) is 0 Å². The molecule has 2 aromatic heterocycles. The third-order valence-electron chi connectivity index (χ3n) is 5.98. The van der Waals surface area contributed by atoms with Gasteiger partial charge in [0.1, 0.15) is 0 Å². The second-order valence-electron chi connectivity index (χ2n) is 7.70. The molecule has 0 unspecified atom stereocenters. The Morgan fingerprint density at radius 1 is 1.00 bits per heavy atom. The SMILES string of the molecule is CCCN1C(=S)N[C@@H](c2ccccn2)[C@@H]1c1c(C)c(C)n(-c2ccccc2)c1C. The van der Waals surface area contributed by atoms with Crippen LogP contribution in [-0.4, -0.2) is 26.1 Å². The molecular weight excluding hydrogens is 376 g/mol. The highest BCUT2D eigenvalue weighted by Gasteiger charge is 2.42. The van der Waals surface area contributed by atoms with Gasteiger partial charge >= 0.3 is 0 Å². The Hall–Kier alpha value is -2.66. The number of para-hydroxylation sites is 1. The summed E-state index contributed by atoms with van der Waals surface area (Å²) in [5.41, 5.74) is 7.44. The van der Waals surface area contributed by atoms with Gasteiger partial charge in [0.25, 0.3) is 0 Å². The molecular formula is C24H28N4S. The normalized spacial score (nSPS) is 18.9. The van der Waals surface area contributed by atoms with Crippen LogP contribution in [-0.2, 0) is 0 Å². The molecule has 0 radical (unpaired) electrons. The second kappa shape index (κ2) is 7.99. The predicted molar refractivity (Wildman–Crippen MR) is 122 cm³/mol. The lowest BCUT2D eigenvalue weighted by molar-refractivity contribution is 0.315. The molecule has 3 aromatic rings. The van der Waals surface area contributed by atoms with Crippen LogP contribution in [0.5, 0.6) is 0 Å². The molecule has 0 amide bonds. The molecule has 0 aliphatic carbocycles. The van der Waals surface area contributed by atoms with E-state index in [1.807, 2.05) is 18.3 Å². The van der Waals surface area contributed by atoms with E-state index in [-0.39, 0.29) is 12.1 Å². The first-order valence-corrected chi connectivity index (χ1v) is 10.7. The minimum atomic E-state index is 0.0404. The van der Waals surface area contributed by atoms with Crippen molar-refractivity contribution in [3.8, 4) is 5.69 Å². The molecule has 1 aliphatic rings. The van der Waals surface area contributed by atoms with E-state index in [9.17, 15) is 0 Å². The van der Waals surface area contributed by atoms with Crippen LogP contribution in [0.25, 0.3) is 5.69 Å². The van der Waals surface area contributed by atoms with Crippen molar-refractivity contribution in [1.82, 2.24) is 19.8 Å². The quantitative estimate of drug-likeness (QED) is 0.594. The molecule has 3 heterocycles. The number of hydrogen-bond acceptors (Lipinski definition) is 2. The van der Waals surface area contributed by atoms with Gasteiger partial charge in [0.05, 0.1) is 17.8 Å². The number of pyridine rings is 1. The Bertz CT molecular complexity index is 1010. The Morgan fingerprint density at radius 2 is 1.72 bits per heavy atom. The molecule has 0 spiro atoms. The van der Waals surface area contributed by atoms with Crippen LogP contribution in [0, 0.1) is 20.8 Å². The van der Waals surface area contributed by atoms with Crippen molar-refractivity contribution in [3.63, 3.8) is 0 Å². The van der Waals surface area contributed by atoms with Gasteiger partial charge in [0, 0.05) is 35.4 Å². The summed E-state index contributed by atoms with van der Waals surface area (Å²) in [4.78, 5) is 7.00. The molecule has 1 aliphatic heterocycles. The van der Waals surface area contributed by atoms with E-state index < -0.39 is 0 Å². The third kappa shape index (κ3) is 3.33. The van der Waals surface area contributed by atoms with Crippen LogP contribution in [0.15, 0.2) is 54.7 Å². The van der Waals surface area contributed by atoms with Crippen molar-refractivity contribution in [2.75, 3.05) is 6.54 Å². The fourth-order valence-electron chi connectivity index (χ4n) is 4.61. The summed E-state index contributed by atoms with van der Waals surface area (Å²) in [5.74, 6) is 0. The lowest BCUT2D eigenvalue weighted by atomic mass is 9.93. The maximum absolute atomic E-state index is 5.76. The monoisotopic (exact) mass is 404 g/mol. The van der Waals surface area contributed by atoms with E-state index in [4.69, 9.17) is 12.2 Å². The number of aromatic nitrogens is 2. The van der Waals surface area contributed by atoms with Crippen molar-refractivity contribution in [2.45, 2.75) is 46.2 Å². The molecule has 1 saturated heterocycles. The smallest absolute Gasteiger partial charge is 0.170 e. The number of rotatable bonds is 5. The van der Waals surface area contributed by atoms with Gasteiger partial charge in [-0.05, 0) is 69.2 Å². The van der Waals surface area contributed by atoms with E-state index in [1.54, 1.807) is 0 Å².